The molecule has 6 nitrogen and oxygen atoms in total. The second kappa shape index (κ2) is 9.58. The molecule has 0 bridgehead atoms. The van der Waals surface area contributed by atoms with Crippen molar-refractivity contribution in [3.8, 4) is 22.6 Å². The molecular weight excluding hydrogens is 453 g/mol. The molecule has 1 atom stereocenters. The van der Waals surface area contributed by atoms with Crippen LogP contribution in [0.4, 0.5) is 13.2 Å². The average Bonchev–Trinajstić information content (AvgIpc) is 3.30. The van der Waals surface area contributed by atoms with Crippen LogP contribution in [0, 0.1) is 0 Å². The summed E-state index contributed by atoms with van der Waals surface area (Å²) in [6, 6.07) is 6.63. The quantitative estimate of drug-likeness (QED) is 0.516. The van der Waals surface area contributed by atoms with Crippen LogP contribution in [0.2, 0.25) is 0 Å². The zero-order valence-electron chi connectivity index (χ0n) is 19.3. The van der Waals surface area contributed by atoms with Gasteiger partial charge in [-0.25, -0.2) is 4.98 Å². The van der Waals surface area contributed by atoms with Gasteiger partial charge in [0.15, 0.2) is 0 Å². The van der Waals surface area contributed by atoms with Crippen LogP contribution in [0.5, 0.6) is 0 Å². The summed E-state index contributed by atoms with van der Waals surface area (Å²) in [5.74, 6) is 0. The largest absolute Gasteiger partial charge is 0.433 e. The van der Waals surface area contributed by atoms with Crippen molar-refractivity contribution in [1.29, 1.82) is 0 Å². The predicted molar refractivity (Wildman–Crippen MR) is 127 cm³/mol. The van der Waals surface area contributed by atoms with Gasteiger partial charge in [-0.2, -0.15) is 13.2 Å². The number of hydrogen-bond acceptors (Lipinski definition) is 6. The van der Waals surface area contributed by atoms with E-state index in [0.29, 0.717) is 35.2 Å². The number of hydrogen-bond donors (Lipinski definition) is 0. The first kappa shape index (κ1) is 23.2. The topological polar surface area (TPSA) is 58.0 Å². The summed E-state index contributed by atoms with van der Waals surface area (Å²) in [6.07, 6.45) is 10.3. The maximum atomic E-state index is 13.2. The number of aromatic nitrogens is 4. The number of nitrogens with zero attached hydrogens (tertiary/aromatic N) is 6. The average molecular weight is 479 g/mol. The molecule has 0 aliphatic carbocycles. The summed E-state index contributed by atoms with van der Waals surface area (Å²) < 4.78 is 39.6. The fourth-order valence-corrected chi connectivity index (χ4v) is 4.65. The van der Waals surface area contributed by atoms with Crippen molar-refractivity contribution in [3.05, 3.63) is 84.2 Å². The molecule has 3 aromatic rings. The number of likely N-dealkylation sites (tertiary alicyclic amines) is 1. The Kier molecular flexibility index (Phi) is 6.34. The smallest absolute Gasteiger partial charge is 0.369 e. The number of alkyl halides is 3. The Balaban J connectivity index is 1.49. The maximum absolute atomic E-state index is 13.2. The minimum absolute atomic E-state index is 0.344. The molecular formula is C26H25F3N6. The van der Waals surface area contributed by atoms with E-state index in [0.717, 1.165) is 37.3 Å². The van der Waals surface area contributed by atoms with E-state index >= 15 is 0 Å². The van der Waals surface area contributed by atoms with Gasteiger partial charge in [0.05, 0.1) is 17.6 Å². The molecule has 0 amide bonds. The predicted octanol–water partition coefficient (Wildman–Crippen LogP) is 4.97. The maximum Gasteiger partial charge on any atom is 0.433 e. The molecule has 2 aliphatic rings. The third-order valence-electron chi connectivity index (χ3n) is 6.39. The molecule has 35 heavy (non-hydrogen) atoms. The second-order valence-corrected chi connectivity index (χ2v) is 8.82. The van der Waals surface area contributed by atoms with Crippen molar-refractivity contribution in [2.75, 3.05) is 20.1 Å². The van der Waals surface area contributed by atoms with E-state index in [1.54, 1.807) is 24.7 Å². The van der Waals surface area contributed by atoms with Gasteiger partial charge in [-0.05, 0) is 55.8 Å². The number of pyridine rings is 2. The van der Waals surface area contributed by atoms with Crippen LogP contribution < -0.4 is 0 Å². The summed E-state index contributed by atoms with van der Waals surface area (Å²) >= 11 is 0. The first-order chi connectivity index (χ1) is 16.9. The summed E-state index contributed by atoms with van der Waals surface area (Å²) in [4.78, 5) is 21.4. The molecule has 0 spiro atoms. The summed E-state index contributed by atoms with van der Waals surface area (Å²) in [5.41, 5.74) is 3.20. The summed E-state index contributed by atoms with van der Waals surface area (Å²) in [7, 11) is 2.16. The van der Waals surface area contributed by atoms with Gasteiger partial charge in [0.25, 0.3) is 0 Å². The van der Waals surface area contributed by atoms with Gasteiger partial charge >= 0.3 is 6.18 Å². The van der Waals surface area contributed by atoms with Crippen LogP contribution in [-0.2, 0) is 12.7 Å². The van der Waals surface area contributed by atoms with E-state index < -0.39 is 11.9 Å². The lowest BCUT2D eigenvalue weighted by molar-refractivity contribution is -0.141. The Bertz CT molecular complexity index is 1260. The molecule has 9 heteroatoms. The van der Waals surface area contributed by atoms with Crippen molar-refractivity contribution in [2.45, 2.75) is 31.6 Å². The minimum Gasteiger partial charge on any atom is -0.369 e. The van der Waals surface area contributed by atoms with Crippen LogP contribution in [0.3, 0.4) is 0 Å². The zero-order valence-corrected chi connectivity index (χ0v) is 19.3. The first-order valence-corrected chi connectivity index (χ1v) is 11.5. The molecule has 1 fully saturated rings. The van der Waals surface area contributed by atoms with Crippen LogP contribution in [-0.4, -0.2) is 55.9 Å². The summed E-state index contributed by atoms with van der Waals surface area (Å²) in [6.45, 7) is 2.46. The molecule has 3 aromatic heterocycles. The molecule has 0 saturated carbocycles. The fraction of sp³-hybridized carbons (Fsp3) is 0.308. The van der Waals surface area contributed by atoms with Gasteiger partial charge in [0.1, 0.15) is 11.4 Å². The Morgan fingerprint density at radius 2 is 1.94 bits per heavy atom. The standard InChI is InChI=1S/C26H25F3N6/c1-34-12-3-5-23(34)19-4-2-13-35(16-19)17-20-6-7-21(33-25(20)22-15-30-10-11-31-22)18-8-9-32-24(14-18)26(27,28)29/h2,4,6-11,14-16,23H,3,5,12-13,17H2,1H3. The molecule has 2 aliphatic heterocycles. The molecule has 0 N–H and O–H groups in total. The first-order valence-electron chi connectivity index (χ1n) is 11.5. The van der Waals surface area contributed by atoms with Crippen molar-refractivity contribution in [3.63, 3.8) is 0 Å². The number of rotatable bonds is 5. The van der Waals surface area contributed by atoms with E-state index in [1.165, 1.54) is 18.1 Å². The molecule has 0 aromatic carbocycles. The van der Waals surface area contributed by atoms with E-state index in [2.05, 4.69) is 50.2 Å². The van der Waals surface area contributed by atoms with Crippen LogP contribution >= 0.6 is 0 Å². The van der Waals surface area contributed by atoms with Gasteiger partial charge in [-0.15, -0.1) is 0 Å². The Morgan fingerprint density at radius 1 is 1.06 bits per heavy atom. The molecule has 0 radical (unpaired) electrons. The zero-order chi connectivity index (χ0) is 24.4. The second-order valence-electron chi connectivity index (χ2n) is 8.82. The van der Waals surface area contributed by atoms with Gasteiger partial charge in [0, 0.05) is 49.5 Å². The highest BCUT2D eigenvalue weighted by atomic mass is 19.4. The third-order valence-corrected chi connectivity index (χ3v) is 6.39. The van der Waals surface area contributed by atoms with Crippen LogP contribution in [0.15, 0.2) is 73.0 Å². The van der Waals surface area contributed by atoms with Crippen molar-refractivity contribution in [1.82, 2.24) is 29.7 Å². The van der Waals surface area contributed by atoms with E-state index in [4.69, 9.17) is 4.98 Å². The number of likely N-dealkylation sites (N-methyl/N-ethyl adjacent to an activating group) is 1. The molecule has 180 valence electrons. The monoisotopic (exact) mass is 478 g/mol. The third kappa shape index (κ3) is 5.09. The highest BCUT2D eigenvalue weighted by Gasteiger charge is 2.32. The molecule has 5 rings (SSSR count). The van der Waals surface area contributed by atoms with E-state index in [-0.39, 0.29) is 0 Å². The van der Waals surface area contributed by atoms with Crippen LogP contribution in [0.25, 0.3) is 22.6 Å². The Morgan fingerprint density at radius 3 is 2.69 bits per heavy atom. The number of halogens is 3. The van der Waals surface area contributed by atoms with Gasteiger partial charge in [0.2, 0.25) is 0 Å². The minimum atomic E-state index is -4.52. The van der Waals surface area contributed by atoms with Crippen LogP contribution in [0.1, 0.15) is 24.1 Å². The van der Waals surface area contributed by atoms with Crippen molar-refractivity contribution in [2.24, 2.45) is 0 Å². The lowest BCUT2D eigenvalue weighted by Crippen LogP contribution is -2.30. The lowest BCUT2D eigenvalue weighted by atomic mass is 10.0. The molecule has 5 heterocycles. The lowest BCUT2D eigenvalue weighted by Gasteiger charge is -2.28. The fourth-order valence-electron chi connectivity index (χ4n) is 4.65. The SMILES string of the molecule is CN1CCCC1C1=CN(Cc2ccc(-c3ccnc(C(F)(F)F)c3)nc2-c2cnccn2)CC=C1. The summed E-state index contributed by atoms with van der Waals surface area (Å²) in [5, 5.41) is 0. The molecule has 1 unspecified atom stereocenters. The Hall–Kier alpha value is -3.59. The normalized spacial score (nSPS) is 18.7. The van der Waals surface area contributed by atoms with Crippen molar-refractivity contribution < 1.29 is 13.2 Å². The van der Waals surface area contributed by atoms with Crippen molar-refractivity contribution >= 4 is 0 Å². The van der Waals surface area contributed by atoms with Gasteiger partial charge in [-0.3, -0.25) is 19.9 Å². The van der Waals surface area contributed by atoms with E-state index in [1.807, 2.05) is 6.07 Å². The highest BCUT2D eigenvalue weighted by Crippen LogP contribution is 2.32. The van der Waals surface area contributed by atoms with Gasteiger partial charge in [-0.1, -0.05) is 18.2 Å². The molecule has 1 saturated heterocycles. The van der Waals surface area contributed by atoms with Gasteiger partial charge < -0.3 is 4.90 Å². The highest BCUT2D eigenvalue weighted by molar-refractivity contribution is 5.66. The van der Waals surface area contributed by atoms with E-state index in [9.17, 15) is 13.2 Å². The Labute approximate surface area is 201 Å².